The average molecular weight is 260 g/mol. The van der Waals surface area contributed by atoms with Gasteiger partial charge in [0.25, 0.3) is 0 Å². The second-order valence-corrected chi connectivity index (χ2v) is 4.07. The highest BCUT2D eigenvalue weighted by Gasteiger charge is 2.18. The molecule has 0 aliphatic rings. The van der Waals surface area contributed by atoms with Crippen LogP contribution in [-0.2, 0) is 6.42 Å². The molecule has 2 unspecified atom stereocenters. The van der Waals surface area contributed by atoms with Crippen LogP contribution >= 0.6 is 0 Å². The summed E-state index contributed by atoms with van der Waals surface area (Å²) in [7, 11) is 0. The van der Waals surface area contributed by atoms with E-state index in [2.05, 4.69) is 5.32 Å². The third-order valence-electron chi connectivity index (χ3n) is 2.63. The molecule has 0 saturated heterocycles. The van der Waals surface area contributed by atoms with E-state index >= 15 is 0 Å². The predicted molar refractivity (Wildman–Crippen MR) is 65.3 cm³/mol. The zero-order valence-electron chi connectivity index (χ0n) is 10.2. The van der Waals surface area contributed by atoms with Gasteiger partial charge in [-0.2, -0.15) is 0 Å². The summed E-state index contributed by atoms with van der Waals surface area (Å²) in [4.78, 5) is 0. The molecule has 0 spiro atoms. The lowest BCUT2D eigenvalue weighted by molar-refractivity contribution is 0.0742. The smallest absolute Gasteiger partial charge is 0.149 e. The predicted octanol–water partition coefficient (Wildman–Crippen LogP) is 0.620. The number of aliphatic hydroxyl groups is 2. The van der Waals surface area contributed by atoms with Crippen LogP contribution in [0.5, 0.6) is 0 Å². The Kier molecular flexibility index (Phi) is 5.46. The summed E-state index contributed by atoms with van der Waals surface area (Å²) in [5, 5.41) is 20.9. The standard InChI is InChI=1S/C12H18F2N2O2/c1-2-16-12-7(3-8(13)5-9(12)14)4-10(15)11(18)6-17/h3,5,10-11,16-18H,2,4,6,15H2,1H3. The van der Waals surface area contributed by atoms with Crippen LogP contribution < -0.4 is 11.1 Å². The Morgan fingerprint density at radius 1 is 1.39 bits per heavy atom. The van der Waals surface area contributed by atoms with E-state index in [0.29, 0.717) is 12.1 Å². The number of anilines is 1. The highest BCUT2D eigenvalue weighted by molar-refractivity contribution is 5.53. The molecule has 2 atom stereocenters. The summed E-state index contributed by atoms with van der Waals surface area (Å²) in [6.07, 6.45) is -1.05. The molecule has 0 aromatic heterocycles. The monoisotopic (exact) mass is 260 g/mol. The minimum Gasteiger partial charge on any atom is -0.394 e. The Morgan fingerprint density at radius 3 is 2.61 bits per heavy atom. The van der Waals surface area contributed by atoms with Crippen LogP contribution in [-0.4, -0.2) is 35.5 Å². The molecule has 1 rings (SSSR count). The van der Waals surface area contributed by atoms with Gasteiger partial charge in [-0.3, -0.25) is 0 Å². The zero-order chi connectivity index (χ0) is 13.7. The van der Waals surface area contributed by atoms with Crippen LogP contribution in [0.4, 0.5) is 14.5 Å². The average Bonchev–Trinajstić information content (AvgIpc) is 2.32. The molecule has 0 bridgehead atoms. The van der Waals surface area contributed by atoms with Crippen LogP contribution in [0.15, 0.2) is 12.1 Å². The van der Waals surface area contributed by atoms with Crippen molar-refractivity contribution in [1.29, 1.82) is 0 Å². The van der Waals surface area contributed by atoms with Crippen LogP contribution in [0.25, 0.3) is 0 Å². The first-order chi connectivity index (χ1) is 8.49. The van der Waals surface area contributed by atoms with E-state index in [1.54, 1.807) is 6.92 Å². The van der Waals surface area contributed by atoms with Gasteiger partial charge in [-0.15, -0.1) is 0 Å². The lowest BCUT2D eigenvalue weighted by Gasteiger charge is -2.19. The van der Waals surface area contributed by atoms with Gasteiger partial charge in [0.1, 0.15) is 11.6 Å². The summed E-state index contributed by atoms with van der Waals surface area (Å²) >= 11 is 0. The number of aliphatic hydroxyl groups excluding tert-OH is 2. The molecule has 0 heterocycles. The van der Waals surface area contributed by atoms with Gasteiger partial charge in [-0.25, -0.2) is 8.78 Å². The molecule has 0 radical (unpaired) electrons. The summed E-state index contributed by atoms with van der Waals surface area (Å²) < 4.78 is 26.7. The van der Waals surface area contributed by atoms with Crippen molar-refractivity contribution in [3.05, 3.63) is 29.3 Å². The van der Waals surface area contributed by atoms with Gasteiger partial charge < -0.3 is 21.3 Å². The summed E-state index contributed by atoms with van der Waals surface area (Å²) in [6.45, 7) is 1.78. The van der Waals surface area contributed by atoms with Gasteiger partial charge in [0.15, 0.2) is 0 Å². The summed E-state index contributed by atoms with van der Waals surface area (Å²) in [6, 6.07) is 1.18. The highest BCUT2D eigenvalue weighted by atomic mass is 19.1. The minimum absolute atomic E-state index is 0.0682. The molecule has 0 amide bonds. The number of hydrogen-bond acceptors (Lipinski definition) is 4. The van der Waals surface area contributed by atoms with Crippen molar-refractivity contribution in [3.63, 3.8) is 0 Å². The number of hydrogen-bond donors (Lipinski definition) is 4. The molecule has 1 aromatic carbocycles. The number of nitrogens with two attached hydrogens (primary N) is 1. The Morgan fingerprint density at radius 2 is 2.06 bits per heavy atom. The van der Waals surface area contributed by atoms with E-state index in [1.807, 2.05) is 0 Å². The SMILES string of the molecule is CCNc1c(F)cc(F)cc1CC(N)C(O)CO. The molecule has 0 aliphatic heterocycles. The van der Waals surface area contributed by atoms with Crippen LogP contribution in [0.2, 0.25) is 0 Å². The van der Waals surface area contributed by atoms with Gasteiger partial charge in [-0.1, -0.05) is 0 Å². The van der Waals surface area contributed by atoms with Gasteiger partial charge >= 0.3 is 0 Å². The molecule has 1 aromatic rings. The maximum Gasteiger partial charge on any atom is 0.149 e. The first kappa shape index (κ1) is 14.8. The van der Waals surface area contributed by atoms with Crippen molar-refractivity contribution in [2.45, 2.75) is 25.5 Å². The van der Waals surface area contributed by atoms with Crippen molar-refractivity contribution >= 4 is 5.69 Å². The van der Waals surface area contributed by atoms with E-state index < -0.39 is 30.4 Å². The molecule has 0 aliphatic carbocycles. The molecule has 6 heteroatoms. The van der Waals surface area contributed by atoms with Gasteiger partial charge in [0, 0.05) is 18.7 Å². The molecule has 4 nitrogen and oxygen atoms in total. The summed E-state index contributed by atoms with van der Waals surface area (Å²) in [5.41, 5.74) is 6.16. The zero-order valence-corrected chi connectivity index (χ0v) is 10.2. The molecular weight excluding hydrogens is 242 g/mol. The van der Waals surface area contributed by atoms with Crippen molar-refractivity contribution in [2.24, 2.45) is 5.73 Å². The fourth-order valence-electron chi connectivity index (χ4n) is 1.69. The third-order valence-corrected chi connectivity index (χ3v) is 2.63. The minimum atomic E-state index is -1.12. The van der Waals surface area contributed by atoms with Crippen molar-refractivity contribution in [3.8, 4) is 0 Å². The maximum absolute atomic E-state index is 13.6. The normalized spacial score (nSPS) is 14.3. The van der Waals surface area contributed by atoms with Crippen molar-refractivity contribution in [2.75, 3.05) is 18.5 Å². The van der Waals surface area contributed by atoms with E-state index in [1.165, 1.54) is 6.07 Å². The van der Waals surface area contributed by atoms with E-state index in [9.17, 15) is 13.9 Å². The van der Waals surface area contributed by atoms with Gasteiger partial charge in [-0.05, 0) is 25.0 Å². The second-order valence-electron chi connectivity index (χ2n) is 4.07. The lowest BCUT2D eigenvalue weighted by Crippen LogP contribution is -2.39. The molecular formula is C12H18F2N2O2. The number of halogens is 2. The van der Waals surface area contributed by atoms with Crippen LogP contribution in [0.3, 0.4) is 0 Å². The number of rotatable bonds is 6. The fourth-order valence-corrected chi connectivity index (χ4v) is 1.69. The molecule has 18 heavy (non-hydrogen) atoms. The molecule has 0 fully saturated rings. The van der Waals surface area contributed by atoms with Gasteiger partial charge in [0.2, 0.25) is 0 Å². The first-order valence-electron chi connectivity index (χ1n) is 5.75. The van der Waals surface area contributed by atoms with E-state index in [-0.39, 0.29) is 12.1 Å². The Hall–Kier alpha value is -1.24. The maximum atomic E-state index is 13.6. The fraction of sp³-hybridized carbons (Fsp3) is 0.500. The van der Waals surface area contributed by atoms with E-state index in [4.69, 9.17) is 10.8 Å². The Labute approximate surface area is 104 Å². The van der Waals surface area contributed by atoms with Crippen LogP contribution in [0, 0.1) is 11.6 Å². The highest BCUT2D eigenvalue weighted by Crippen LogP contribution is 2.23. The molecule has 5 N–H and O–H groups in total. The lowest BCUT2D eigenvalue weighted by atomic mass is 10.0. The molecule has 0 saturated carbocycles. The number of nitrogens with one attached hydrogen (secondary N) is 1. The third kappa shape index (κ3) is 3.63. The van der Waals surface area contributed by atoms with Crippen LogP contribution in [0.1, 0.15) is 12.5 Å². The largest absolute Gasteiger partial charge is 0.394 e. The Bertz CT molecular complexity index is 402. The summed E-state index contributed by atoms with van der Waals surface area (Å²) in [5.74, 6) is -1.40. The quantitative estimate of drug-likeness (QED) is 0.604. The number of benzene rings is 1. The second kappa shape index (κ2) is 6.63. The van der Waals surface area contributed by atoms with Crippen molar-refractivity contribution in [1.82, 2.24) is 0 Å². The van der Waals surface area contributed by atoms with Gasteiger partial charge in [0.05, 0.1) is 18.4 Å². The van der Waals surface area contributed by atoms with Crippen molar-refractivity contribution < 1.29 is 19.0 Å². The topological polar surface area (TPSA) is 78.5 Å². The first-order valence-corrected chi connectivity index (χ1v) is 5.75. The molecule has 102 valence electrons. The van der Waals surface area contributed by atoms with E-state index in [0.717, 1.165) is 6.07 Å². The Balaban J connectivity index is 2.98.